The molecule has 0 radical (unpaired) electrons. The van der Waals surface area contributed by atoms with E-state index in [9.17, 15) is 4.79 Å². The molecule has 54 valence electrons. The van der Waals surface area contributed by atoms with E-state index in [4.69, 9.17) is 0 Å². The van der Waals surface area contributed by atoms with E-state index in [1.807, 2.05) is 13.8 Å². The molecule has 0 bridgehead atoms. The summed E-state index contributed by atoms with van der Waals surface area (Å²) in [7, 11) is 1.41. The van der Waals surface area contributed by atoms with Crippen molar-refractivity contribution in [3.05, 3.63) is 0 Å². The largest absolute Gasteiger partial charge is 0.469 e. The van der Waals surface area contributed by atoms with E-state index in [2.05, 4.69) is 27.3 Å². The molecule has 0 aliphatic rings. The Morgan fingerprint density at radius 2 is 2.11 bits per heavy atom. The van der Waals surface area contributed by atoms with Crippen LogP contribution in [0.15, 0.2) is 0 Å². The van der Waals surface area contributed by atoms with Gasteiger partial charge in [-0.2, -0.15) is 0 Å². The van der Waals surface area contributed by atoms with Crippen LogP contribution in [0.4, 0.5) is 0 Å². The summed E-state index contributed by atoms with van der Waals surface area (Å²) in [6.45, 7) is 3.98. The Hall–Kier alpha value is 0.200. The van der Waals surface area contributed by atoms with Crippen LogP contribution in [0, 0.1) is 0 Å². The van der Waals surface area contributed by atoms with Crippen LogP contribution in [0.5, 0.6) is 0 Å². The summed E-state index contributed by atoms with van der Waals surface area (Å²) in [5.41, 5.74) is 0. The molecule has 0 heterocycles. The average Bonchev–Trinajstić information content (AvgIpc) is 1.62. The van der Waals surface area contributed by atoms with Crippen LogP contribution in [0.25, 0.3) is 0 Å². The van der Waals surface area contributed by atoms with Gasteiger partial charge in [0.25, 0.3) is 0 Å². The minimum Gasteiger partial charge on any atom is -0.469 e. The van der Waals surface area contributed by atoms with Crippen molar-refractivity contribution in [1.29, 1.82) is 0 Å². The van der Waals surface area contributed by atoms with Gasteiger partial charge in [0.05, 0.1) is 13.5 Å². The molecule has 0 fully saturated rings. The van der Waals surface area contributed by atoms with E-state index in [1.165, 1.54) is 7.11 Å². The Balaban J connectivity index is 3.60. The minimum absolute atomic E-state index is 0.0187. The second-order valence-electron chi connectivity index (χ2n) is 2.47. The van der Waals surface area contributed by atoms with Gasteiger partial charge in [0, 0.05) is 3.42 Å². The molecule has 0 spiro atoms. The SMILES string of the molecule is COC(=O)CC(C)(C)I. The Morgan fingerprint density at radius 3 is 2.22 bits per heavy atom. The highest BCUT2D eigenvalue weighted by molar-refractivity contribution is 14.1. The van der Waals surface area contributed by atoms with Crippen LogP contribution in [0.3, 0.4) is 0 Å². The first-order valence-electron chi connectivity index (χ1n) is 2.71. The molecular weight excluding hydrogens is 231 g/mol. The van der Waals surface area contributed by atoms with Crippen LogP contribution in [-0.2, 0) is 9.53 Å². The van der Waals surface area contributed by atoms with E-state index in [-0.39, 0.29) is 9.39 Å². The smallest absolute Gasteiger partial charge is 0.306 e. The lowest BCUT2D eigenvalue weighted by atomic mass is 10.1. The summed E-state index contributed by atoms with van der Waals surface area (Å²) in [5.74, 6) is -0.144. The van der Waals surface area contributed by atoms with Crippen molar-refractivity contribution >= 4 is 28.6 Å². The third-order valence-corrected chi connectivity index (χ3v) is 1.17. The van der Waals surface area contributed by atoms with Crippen molar-refractivity contribution in [3.63, 3.8) is 0 Å². The summed E-state index contributed by atoms with van der Waals surface area (Å²) in [5, 5.41) is 0. The zero-order valence-corrected chi connectivity index (χ0v) is 8.06. The number of esters is 1. The highest BCUT2D eigenvalue weighted by Crippen LogP contribution is 2.21. The van der Waals surface area contributed by atoms with Gasteiger partial charge in [-0.15, -0.1) is 0 Å². The first kappa shape index (κ1) is 9.20. The quantitative estimate of drug-likeness (QED) is 0.419. The number of hydrogen-bond acceptors (Lipinski definition) is 2. The third-order valence-electron chi connectivity index (χ3n) is 0.792. The maximum Gasteiger partial charge on any atom is 0.306 e. The lowest BCUT2D eigenvalue weighted by molar-refractivity contribution is -0.140. The molecule has 0 saturated heterocycles. The van der Waals surface area contributed by atoms with Crippen molar-refractivity contribution in [1.82, 2.24) is 0 Å². The van der Waals surface area contributed by atoms with E-state index in [1.54, 1.807) is 0 Å². The minimum atomic E-state index is -0.144. The van der Waals surface area contributed by atoms with Crippen molar-refractivity contribution in [2.24, 2.45) is 0 Å². The van der Waals surface area contributed by atoms with Gasteiger partial charge in [-0.25, -0.2) is 0 Å². The van der Waals surface area contributed by atoms with Crippen molar-refractivity contribution in [2.75, 3.05) is 7.11 Å². The van der Waals surface area contributed by atoms with Gasteiger partial charge in [0.15, 0.2) is 0 Å². The van der Waals surface area contributed by atoms with Gasteiger partial charge in [0.1, 0.15) is 0 Å². The summed E-state index contributed by atoms with van der Waals surface area (Å²) in [4.78, 5) is 10.6. The zero-order valence-electron chi connectivity index (χ0n) is 5.90. The molecule has 0 atom stereocenters. The number of rotatable bonds is 2. The van der Waals surface area contributed by atoms with Crippen molar-refractivity contribution in [2.45, 2.75) is 23.7 Å². The number of alkyl halides is 1. The maximum atomic E-state index is 10.6. The Morgan fingerprint density at radius 1 is 1.67 bits per heavy atom. The van der Waals surface area contributed by atoms with Crippen molar-refractivity contribution in [3.8, 4) is 0 Å². The molecular formula is C6H11IO2. The molecule has 0 aliphatic heterocycles. The molecule has 9 heavy (non-hydrogen) atoms. The number of carbonyl (C=O) groups excluding carboxylic acids is 1. The van der Waals surface area contributed by atoms with Gasteiger partial charge in [-0.1, -0.05) is 36.4 Å². The van der Waals surface area contributed by atoms with Gasteiger partial charge in [-0.05, 0) is 0 Å². The topological polar surface area (TPSA) is 26.3 Å². The van der Waals surface area contributed by atoms with Gasteiger partial charge in [0.2, 0.25) is 0 Å². The molecule has 0 saturated carbocycles. The Kier molecular flexibility index (Phi) is 3.46. The molecule has 0 aromatic carbocycles. The molecule has 0 N–H and O–H groups in total. The fourth-order valence-electron chi connectivity index (χ4n) is 0.415. The number of hydrogen-bond donors (Lipinski definition) is 0. The van der Waals surface area contributed by atoms with E-state index in [0.29, 0.717) is 6.42 Å². The molecule has 3 heteroatoms. The second kappa shape index (κ2) is 3.39. The van der Waals surface area contributed by atoms with Crippen LogP contribution >= 0.6 is 22.6 Å². The fraction of sp³-hybridized carbons (Fsp3) is 0.833. The molecule has 0 aromatic rings. The number of ether oxygens (including phenoxy) is 1. The van der Waals surface area contributed by atoms with Gasteiger partial charge < -0.3 is 4.74 Å². The normalized spacial score (nSPS) is 11.1. The van der Waals surface area contributed by atoms with Crippen LogP contribution in [0.2, 0.25) is 0 Å². The molecule has 0 rings (SSSR count). The Labute approximate surface area is 69.1 Å². The number of methoxy groups -OCH3 is 1. The highest BCUT2D eigenvalue weighted by atomic mass is 127. The van der Waals surface area contributed by atoms with Crippen LogP contribution < -0.4 is 0 Å². The number of halogens is 1. The predicted molar refractivity (Wildman–Crippen MR) is 44.7 cm³/mol. The van der Waals surface area contributed by atoms with E-state index < -0.39 is 0 Å². The Bertz CT molecular complexity index is 104. The first-order valence-corrected chi connectivity index (χ1v) is 3.79. The predicted octanol–water partition coefficient (Wildman–Crippen LogP) is 1.76. The first-order chi connectivity index (χ1) is 3.95. The molecule has 0 amide bonds. The summed E-state index contributed by atoms with van der Waals surface area (Å²) < 4.78 is 4.50. The highest BCUT2D eigenvalue weighted by Gasteiger charge is 2.17. The summed E-state index contributed by atoms with van der Waals surface area (Å²) in [6.07, 6.45) is 0.476. The second-order valence-corrected chi connectivity index (χ2v) is 5.39. The van der Waals surface area contributed by atoms with E-state index >= 15 is 0 Å². The molecule has 0 unspecified atom stereocenters. The molecule has 0 aromatic heterocycles. The average molecular weight is 242 g/mol. The maximum absolute atomic E-state index is 10.6. The zero-order chi connectivity index (χ0) is 7.49. The molecule has 0 aliphatic carbocycles. The van der Waals surface area contributed by atoms with Crippen molar-refractivity contribution < 1.29 is 9.53 Å². The monoisotopic (exact) mass is 242 g/mol. The standard InChI is InChI=1S/C6H11IO2/c1-6(2,7)4-5(8)9-3/h4H2,1-3H3. The lowest BCUT2D eigenvalue weighted by Gasteiger charge is -2.12. The van der Waals surface area contributed by atoms with Gasteiger partial charge >= 0.3 is 5.97 Å². The van der Waals surface area contributed by atoms with E-state index in [0.717, 1.165) is 0 Å². The lowest BCUT2D eigenvalue weighted by Crippen LogP contribution is -2.16. The van der Waals surface area contributed by atoms with Crippen LogP contribution in [0.1, 0.15) is 20.3 Å². The number of carbonyl (C=O) groups is 1. The summed E-state index contributed by atoms with van der Waals surface area (Å²) in [6, 6.07) is 0. The van der Waals surface area contributed by atoms with Gasteiger partial charge in [-0.3, -0.25) is 4.79 Å². The van der Waals surface area contributed by atoms with Crippen LogP contribution in [-0.4, -0.2) is 16.5 Å². The summed E-state index contributed by atoms with van der Waals surface area (Å²) >= 11 is 2.21. The third kappa shape index (κ3) is 6.08. The molecule has 2 nitrogen and oxygen atoms in total. The fourth-order valence-corrected chi connectivity index (χ4v) is 0.727.